The predicted molar refractivity (Wildman–Crippen MR) is 64.9 cm³/mol. The van der Waals surface area contributed by atoms with E-state index in [0.717, 1.165) is 5.01 Å². The highest BCUT2D eigenvalue weighted by Crippen LogP contribution is 2.25. The van der Waals surface area contributed by atoms with Gasteiger partial charge in [-0.3, -0.25) is 19.7 Å². The maximum atomic E-state index is 11.7. The molecule has 0 radical (unpaired) electrons. The van der Waals surface area contributed by atoms with Crippen LogP contribution in [0.5, 0.6) is 0 Å². The second-order valence-electron chi connectivity index (χ2n) is 3.90. The van der Waals surface area contributed by atoms with Crippen molar-refractivity contribution in [3.63, 3.8) is 0 Å². The molecular weight excluding hydrogens is 254 g/mol. The molecule has 0 fully saturated rings. The minimum absolute atomic E-state index is 0.0883. The second kappa shape index (κ2) is 4.84. The Morgan fingerprint density at radius 2 is 2.26 bits per heavy atom. The van der Waals surface area contributed by atoms with Crippen molar-refractivity contribution < 1.29 is 19.6 Å². The van der Waals surface area contributed by atoms with Crippen molar-refractivity contribution >= 4 is 29.0 Å². The van der Waals surface area contributed by atoms with E-state index in [1.54, 1.807) is 0 Å². The summed E-state index contributed by atoms with van der Waals surface area (Å²) >= 11 is 0. The summed E-state index contributed by atoms with van der Waals surface area (Å²) in [4.78, 5) is 32.3. The molecule has 1 amide bonds. The molecule has 0 saturated carbocycles. The molecule has 1 aliphatic heterocycles. The SMILES string of the molecule is O=C(O)CC1=NN(c2cccc([N+](=O)[O-])c2)C(=O)C1. The van der Waals surface area contributed by atoms with E-state index in [1.807, 2.05) is 0 Å². The average Bonchev–Trinajstić information content (AvgIpc) is 2.69. The Morgan fingerprint density at radius 1 is 1.53 bits per heavy atom. The molecule has 0 atom stereocenters. The first-order chi connectivity index (χ1) is 8.97. The lowest BCUT2D eigenvalue weighted by molar-refractivity contribution is -0.384. The van der Waals surface area contributed by atoms with Gasteiger partial charge in [-0.25, -0.2) is 5.01 Å². The van der Waals surface area contributed by atoms with Crippen LogP contribution in [0.1, 0.15) is 12.8 Å². The number of benzene rings is 1. The zero-order chi connectivity index (χ0) is 14.0. The Kier molecular flexibility index (Phi) is 3.23. The summed E-state index contributed by atoms with van der Waals surface area (Å²) in [5.41, 5.74) is 0.316. The quantitative estimate of drug-likeness (QED) is 0.646. The fourth-order valence-electron chi connectivity index (χ4n) is 1.69. The zero-order valence-electron chi connectivity index (χ0n) is 9.65. The van der Waals surface area contributed by atoms with Gasteiger partial charge in [0.05, 0.1) is 29.2 Å². The Balaban J connectivity index is 2.28. The highest BCUT2D eigenvalue weighted by molar-refractivity contribution is 6.16. The zero-order valence-corrected chi connectivity index (χ0v) is 9.65. The van der Waals surface area contributed by atoms with Crippen molar-refractivity contribution in [2.75, 3.05) is 5.01 Å². The smallest absolute Gasteiger partial charge is 0.309 e. The molecule has 98 valence electrons. The fraction of sp³-hybridized carbons (Fsp3) is 0.182. The van der Waals surface area contributed by atoms with Crippen LogP contribution < -0.4 is 5.01 Å². The van der Waals surface area contributed by atoms with Crippen molar-refractivity contribution in [2.24, 2.45) is 5.10 Å². The number of carbonyl (C=O) groups is 2. The van der Waals surface area contributed by atoms with Gasteiger partial charge in [-0.15, -0.1) is 0 Å². The Labute approximate surface area is 107 Å². The lowest BCUT2D eigenvalue weighted by atomic mass is 10.2. The van der Waals surface area contributed by atoms with E-state index in [2.05, 4.69) is 5.10 Å². The Bertz CT molecular complexity index is 596. The number of carbonyl (C=O) groups excluding carboxylic acids is 1. The molecule has 0 unspecified atom stereocenters. The predicted octanol–water partition coefficient (Wildman–Crippen LogP) is 1.16. The minimum Gasteiger partial charge on any atom is -0.481 e. The second-order valence-corrected chi connectivity index (χ2v) is 3.90. The molecule has 8 heteroatoms. The first-order valence-electron chi connectivity index (χ1n) is 5.33. The van der Waals surface area contributed by atoms with E-state index >= 15 is 0 Å². The number of carboxylic acid groups (broad SMARTS) is 1. The van der Waals surface area contributed by atoms with Crippen LogP contribution >= 0.6 is 0 Å². The summed E-state index contributed by atoms with van der Waals surface area (Å²) in [6, 6.07) is 5.45. The molecule has 0 aromatic heterocycles. The van der Waals surface area contributed by atoms with Crippen molar-refractivity contribution in [1.29, 1.82) is 0 Å². The summed E-state index contributed by atoms with van der Waals surface area (Å²) in [6.07, 6.45) is -0.411. The maximum absolute atomic E-state index is 11.7. The summed E-state index contributed by atoms with van der Waals surface area (Å²) < 4.78 is 0. The van der Waals surface area contributed by atoms with Crippen molar-refractivity contribution in [3.05, 3.63) is 34.4 Å². The van der Waals surface area contributed by atoms with Gasteiger partial charge in [0, 0.05) is 12.1 Å². The first-order valence-corrected chi connectivity index (χ1v) is 5.33. The molecule has 1 aromatic rings. The van der Waals surface area contributed by atoms with Gasteiger partial charge < -0.3 is 5.11 Å². The Morgan fingerprint density at radius 3 is 2.89 bits per heavy atom. The molecule has 19 heavy (non-hydrogen) atoms. The normalized spacial score (nSPS) is 14.4. The largest absolute Gasteiger partial charge is 0.481 e. The summed E-state index contributed by atoms with van der Waals surface area (Å²) in [5.74, 6) is -1.48. The lowest BCUT2D eigenvalue weighted by Crippen LogP contribution is -2.19. The third-order valence-corrected chi connectivity index (χ3v) is 2.47. The number of carboxylic acids is 1. The Hall–Kier alpha value is -2.77. The number of nitro benzene ring substituents is 1. The maximum Gasteiger partial charge on any atom is 0.309 e. The van der Waals surface area contributed by atoms with Gasteiger partial charge in [-0.1, -0.05) is 6.07 Å². The first kappa shape index (κ1) is 12.7. The molecule has 1 N–H and O–H groups in total. The number of hydrogen-bond acceptors (Lipinski definition) is 5. The number of anilines is 1. The number of non-ortho nitro benzene ring substituents is 1. The van der Waals surface area contributed by atoms with Gasteiger partial charge in [0.1, 0.15) is 0 Å². The van der Waals surface area contributed by atoms with E-state index in [1.165, 1.54) is 24.3 Å². The fourth-order valence-corrected chi connectivity index (χ4v) is 1.69. The number of aliphatic carboxylic acids is 1. The third-order valence-electron chi connectivity index (χ3n) is 2.47. The summed E-state index contributed by atoms with van der Waals surface area (Å²) in [6.45, 7) is 0. The van der Waals surface area contributed by atoms with Gasteiger partial charge >= 0.3 is 5.97 Å². The number of amides is 1. The third kappa shape index (κ3) is 2.73. The monoisotopic (exact) mass is 263 g/mol. The van der Waals surface area contributed by atoms with Gasteiger partial charge in [0.2, 0.25) is 0 Å². The van der Waals surface area contributed by atoms with Crippen LogP contribution in [0.25, 0.3) is 0 Å². The van der Waals surface area contributed by atoms with Crippen molar-refractivity contribution in [3.8, 4) is 0 Å². The molecular formula is C11H9N3O5. The highest BCUT2D eigenvalue weighted by Gasteiger charge is 2.27. The van der Waals surface area contributed by atoms with Crippen molar-refractivity contribution in [2.45, 2.75) is 12.8 Å². The molecule has 2 rings (SSSR count). The number of rotatable bonds is 4. The number of hydrazone groups is 1. The standard InChI is InChI=1S/C11H9N3O5/c15-10-4-7(5-11(16)17)12-13(10)8-2-1-3-9(6-8)14(18)19/h1-3,6H,4-5H2,(H,16,17). The summed E-state index contributed by atoms with van der Waals surface area (Å²) in [7, 11) is 0. The molecule has 0 saturated heterocycles. The van der Waals surface area contributed by atoms with E-state index in [-0.39, 0.29) is 29.9 Å². The summed E-state index contributed by atoms with van der Waals surface area (Å²) in [5, 5.41) is 24.2. The average molecular weight is 263 g/mol. The van der Waals surface area contributed by atoms with E-state index in [9.17, 15) is 19.7 Å². The van der Waals surface area contributed by atoms with Crippen LogP contribution in [-0.4, -0.2) is 27.6 Å². The highest BCUT2D eigenvalue weighted by atomic mass is 16.6. The molecule has 0 bridgehead atoms. The number of nitro groups is 1. The molecule has 8 nitrogen and oxygen atoms in total. The number of nitrogens with zero attached hydrogens (tertiary/aromatic N) is 3. The van der Waals surface area contributed by atoms with Gasteiger partial charge in [0.15, 0.2) is 0 Å². The van der Waals surface area contributed by atoms with Crippen LogP contribution in [-0.2, 0) is 9.59 Å². The van der Waals surface area contributed by atoms with E-state index in [4.69, 9.17) is 5.11 Å². The van der Waals surface area contributed by atoms with Gasteiger partial charge in [0.25, 0.3) is 11.6 Å². The van der Waals surface area contributed by atoms with Crippen LogP contribution in [0.15, 0.2) is 29.4 Å². The topological polar surface area (TPSA) is 113 Å². The lowest BCUT2D eigenvalue weighted by Gasteiger charge is -2.10. The van der Waals surface area contributed by atoms with Crippen molar-refractivity contribution in [1.82, 2.24) is 0 Å². The molecule has 0 spiro atoms. The van der Waals surface area contributed by atoms with E-state index < -0.39 is 16.8 Å². The molecule has 0 aliphatic carbocycles. The van der Waals surface area contributed by atoms with Gasteiger partial charge in [-0.05, 0) is 6.07 Å². The molecule has 1 aliphatic rings. The van der Waals surface area contributed by atoms with Crippen LogP contribution in [0.3, 0.4) is 0 Å². The molecule has 1 heterocycles. The van der Waals surface area contributed by atoms with Gasteiger partial charge in [-0.2, -0.15) is 5.10 Å². The molecule has 1 aromatic carbocycles. The van der Waals surface area contributed by atoms with Crippen LogP contribution in [0.4, 0.5) is 11.4 Å². The van der Waals surface area contributed by atoms with E-state index in [0.29, 0.717) is 0 Å². The van der Waals surface area contributed by atoms with Crippen LogP contribution in [0, 0.1) is 10.1 Å². The number of hydrogen-bond donors (Lipinski definition) is 1. The van der Waals surface area contributed by atoms with Crippen LogP contribution in [0.2, 0.25) is 0 Å². The minimum atomic E-state index is -1.08.